The number of hydrogen-bond acceptors (Lipinski definition) is 5. The summed E-state index contributed by atoms with van der Waals surface area (Å²) < 4.78 is 13.1. The molecule has 4 aromatic rings. The molecule has 2 aromatic carbocycles. The molecular formula is C26H28N4O3. The quantitative estimate of drug-likeness (QED) is 0.419. The van der Waals surface area contributed by atoms with Gasteiger partial charge in [0.2, 0.25) is 0 Å². The molecule has 0 unspecified atom stereocenters. The fourth-order valence-electron chi connectivity index (χ4n) is 3.55. The molecule has 0 bridgehead atoms. The normalized spacial score (nSPS) is 10.9. The van der Waals surface area contributed by atoms with Crippen molar-refractivity contribution in [1.82, 2.24) is 14.9 Å². The number of anilines is 1. The van der Waals surface area contributed by atoms with Crippen molar-refractivity contribution in [2.45, 2.75) is 47.8 Å². The highest BCUT2D eigenvalue weighted by molar-refractivity contribution is 6.03. The zero-order valence-electron chi connectivity index (χ0n) is 19.6. The number of aromatic nitrogens is 3. The van der Waals surface area contributed by atoms with Crippen molar-refractivity contribution in [2.75, 3.05) is 5.32 Å². The van der Waals surface area contributed by atoms with Gasteiger partial charge in [0.05, 0.1) is 12.1 Å². The maximum absolute atomic E-state index is 13.0. The van der Waals surface area contributed by atoms with Crippen LogP contribution in [0, 0.1) is 34.6 Å². The Bertz CT molecular complexity index is 1300. The van der Waals surface area contributed by atoms with Crippen LogP contribution in [0.25, 0.3) is 0 Å². The number of aryl methyl sites for hydroxylation is 5. The van der Waals surface area contributed by atoms with Gasteiger partial charge in [0.15, 0.2) is 11.5 Å². The maximum Gasteiger partial charge on any atom is 0.279 e. The van der Waals surface area contributed by atoms with Crippen molar-refractivity contribution in [3.8, 4) is 5.75 Å². The van der Waals surface area contributed by atoms with Gasteiger partial charge in [0.1, 0.15) is 18.1 Å². The first-order chi connectivity index (χ1) is 15.8. The third-order valence-corrected chi connectivity index (χ3v) is 5.87. The molecule has 0 aliphatic rings. The van der Waals surface area contributed by atoms with Gasteiger partial charge in [-0.2, -0.15) is 5.10 Å². The standard InChI is InChI=1S/C26H28N4O3/c1-16-10-11-22(12-18(16)3)32-15-23-20(5)33-29-25(23)26(31)27-24-13-19(4)30(28-24)14-21-9-7-6-8-17(21)2/h6-13H,14-15H2,1-5H3,(H,27,28,31). The van der Waals surface area contributed by atoms with E-state index in [2.05, 4.69) is 41.6 Å². The van der Waals surface area contributed by atoms with E-state index >= 15 is 0 Å². The number of ether oxygens (including phenoxy) is 1. The number of amides is 1. The first kappa shape index (κ1) is 22.3. The highest BCUT2D eigenvalue weighted by atomic mass is 16.5. The lowest BCUT2D eigenvalue weighted by atomic mass is 10.1. The molecule has 0 aliphatic carbocycles. The van der Waals surface area contributed by atoms with Gasteiger partial charge in [0.25, 0.3) is 5.91 Å². The number of carbonyl (C=O) groups is 1. The molecule has 0 atom stereocenters. The van der Waals surface area contributed by atoms with Gasteiger partial charge < -0.3 is 14.6 Å². The second-order valence-electron chi connectivity index (χ2n) is 8.31. The third kappa shape index (κ3) is 4.98. The summed E-state index contributed by atoms with van der Waals surface area (Å²) >= 11 is 0. The molecule has 0 radical (unpaired) electrons. The minimum absolute atomic E-state index is 0.182. The molecule has 0 saturated heterocycles. The first-order valence-electron chi connectivity index (χ1n) is 10.9. The minimum atomic E-state index is -0.383. The van der Waals surface area contributed by atoms with E-state index in [-0.39, 0.29) is 18.2 Å². The van der Waals surface area contributed by atoms with Crippen LogP contribution in [0.4, 0.5) is 5.82 Å². The van der Waals surface area contributed by atoms with E-state index in [0.29, 0.717) is 23.7 Å². The first-order valence-corrected chi connectivity index (χ1v) is 10.9. The lowest BCUT2D eigenvalue weighted by molar-refractivity contribution is 0.101. The average Bonchev–Trinajstić information content (AvgIpc) is 3.32. The number of benzene rings is 2. The van der Waals surface area contributed by atoms with Crippen molar-refractivity contribution in [2.24, 2.45) is 0 Å². The molecule has 7 heteroatoms. The Labute approximate surface area is 193 Å². The van der Waals surface area contributed by atoms with Crippen LogP contribution in [-0.2, 0) is 13.2 Å². The predicted molar refractivity (Wildman–Crippen MR) is 127 cm³/mol. The molecule has 1 amide bonds. The largest absolute Gasteiger partial charge is 0.489 e. The third-order valence-electron chi connectivity index (χ3n) is 5.87. The smallest absolute Gasteiger partial charge is 0.279 e. The van der Waals surface area contributed by atoms with Crippen LogP contribution < -0.4 is 10.1 Å². The van der Waals surface area contributed by atoms with Crippen LogP contribution >= 0.6 is 0 Å². The second-order valence-corrected chi connectivity index (χ2v) is 8.31. The van der Waals surface area contributed by atoms with Crippen molar-refractivity contribution in [3.63, 3.8) is 0 Å². The molecule has 0 aliphatic heterocycles. The summed E-state index contributed by atoms with van der Waals surface area (Å²) in [6.07, 6.45) is 0. The number of nitrogens with one attached hydrogen (secondary N) is 1. The van der Waals surface area contributed by atoms with E-state index < -0.39 is 0 Å². The van der Waals surface area contributed by atoms with Crippen LogP contribution in [0.3, 0.4) is 0 Å². The fraction of sp³-hybridized carbons (Fsp3) is 0.269. The summed E-state index contributed by atoms with van der Waals surface area (Å²) in [7, 11) is 0. The summed E-state index contributed by atoms with van der Waals surface area (Å²) in [5, 5.41) is 11.4. The summed E-state index contributed by atoms with van der Waals surface area (Å²) in [6, 6.07) is 15.9. The van der Waals surface area contributed by atoms with E-state index in [1.807, 2.05) is 54.9 Å². The molecule has 2 heterocycles. The highest BCUT2D eigenvalue weighted by Gasteiger charge is 2.21. The van der Waals surface area contributed by atoms with Gasteiger partial charge in [-0.15, -0.1) is 0 Å². The van der Waals surface area contributed by atoms with E-state index in [1.165, 1.54) is 16.7 Å². The zero-order valence-corrected chi connectivity index (χ0v) is 19.6. The van der Waals surface area contributed by atoms with Crippen LogP contribution in [0.15, 0.2) is 53.1 Å². The maximum atomic E-state index is 13.0. The van der Waals surface area contributed by atoms with Crippen LogP contribution in [0.5, 0.6) is 5.75 Å². The van der Waals surface area contributed by atoms with Crippen LogP contribution in [-0.4, -0.2) is 20.8 Å². The monoisotopic (exact) mass is 444 g/mol. The second kappa shape index (κ2) is 9.32. The molecule has 33 heavy (non-hydrogen) atoms. The molecular weight excluding hydrogens is 416 g/mol. The minimum Gasteiger partial charge on any atom is -0.489 e. The Hall–Kier alpha value is -3.87. The number of hydrogen-bond donors (Lipinski definition) is 1. The predicted octanol–water partition coefficient (Wildman–Crippen LogP) is 5.29. The van der Waals surface area contributed by atoms with E-state index in [1.54, 1.807) is 6.92 Å². The van der Waals surface area contributed by atoms with Gasteiger partial charge in [-0.25, -0.2) is 0 Å². The fourth-order valence-corrected chi connectivity index (χ4v) is 3.55. The average molecular weight is 445 g/mol. The van der Waals surface area contributed by atoms with Gasteiger partial charge in [0, 0.05) is 11.8 Å². The Balaban J connectivity index is 1.47. The summed E-state index contributed by atoms with van der Waals surface area (Å²) in [4.78, 5) is 13.0. The van der Waals surface area contributed by atoms with Gasteiger partial charge >= 0.3 is 0 Å². The van der Waals surface area contributed by atoms with Crippen molar-refractivity contribution in [1.29, 1.82) is 0 Å². The molecule has 4 rings (SSSR count). The Morgan fingerprint density at radius 1 is 1.00 bits per heavy atom. The molecule has 0 saturated carbocycles. The molecule has 7 nitrogen and oxygen atoms in total. The van der Waals surface area contributed by atoms with Crippen molar-refractivity contribution in [3.05, 3.63) is 93.5 Å². The Morgan fingerprint density at radius 3 is 2.55 bits per heavy atom. The lowest BCUT2D eigenvalue weighted by Gasteiger charge is -2.09. The summed E-state index contributed by atoms with van der Waals surface area (Å²) in [5.74, 6) is 1.36. The number of rotatable bonds is 7. The van der Waals surface area contributed by atoms with Gasteiger partial charge in [-0.3, -0.25) is 9.48 Å². The highest BCUT2D eigenvalue weighted by Crippen LogP contribution is 2.21. The van der Waals surface area contributed by atoms with E-state index in [0.717, 1.165) is 17.0 Å². The Morgan fingerprint density at radius 2 is 1.79 bits per heavy atom. The molecule has 0 spiro atoms. The number of carbonyl (C=O) groups excluding carboxylic acids is 1. The SMILES string of the molecule is Cc1ccc(OCc2c(C(=O)Nc3cc(C)n(Cc4ccccc4C)n3)noc2C)cc1C. The number of nitrogens with zero attached hydrogens (tertiary/aromatic N) is 3. The van der Waals surface area contributed by atoms with E-state index in [9.17, 15) is 4.79 Å². The van der Waals surface area contributed by atoms with Crippen molar-refractivity contribution >= 4 is 11.7 Å². The lowest BCUT2D eigenvalue weighted by Crippen LogP contribution is -2.16. The van der Waals surface area contributed by atoms with Crippen molar-refractivity contribution < 1.29 is 14.1 Å². The van der Waals surface area contributed by atoms with Crippen LogP contribution in [0.1, 0.15) is 49.8 Å². The van der Waals surface area contributed by atoms with Gasteiger partial charge in [-0.05, 0) is 69.0 Å². The molecule has 1 N–H and O–H groups in total. The summed E-state index contributed by atoms with van der Waals surface area (Å²) in [5.41, 5.74) is 6.47. The molecule has 0 fully saturated rings. The molecule has 2 aromatic heterocycles. The van der Waals surface area contributed by atoms with Gasteiger partial charge in [-0.1, -0.05) is 35.5 Å². The summed E-state index contributed by atoms with van der Waals surface area (Å²) in [6.45, 7) is 10.7. The topological polar surface area (TPSA) is 82.2 Å². The molecule has 170 valence electrons. The zero-order chi connectivity index (χ0) is 23.5. The Kier molecular flexibility index (Phi) is 6.31. The van der Waals surface area contributed by atoms with Crippen LogP contribution in [0.2, 0.25) is 0 Å². The van der Waals surface area contributed by atoms with E-state index in [4.69, 9.17) is 9.26 Å².